The molecule has 0 bridgehead atoms. The first-order chi connectivity index (χ1) is 14.5. The molecule has 2 aromatic rings. The third-order valence-electron chi connectivity index (χ3n) is 5.02. The van der Waals surface area contributed by atoms with Gasteiger partial charge in [0.2, 0.25) is 15.9 Å². The predicted octanol–water partition coefficient (Wildman–Crippen LogP) is 4.04. The smallest absolute Gasteiger partial charge is 0.237 e. The SMILES string of the molecule is COc1ccccc1CS(=O)(=O)Nc1ccc2c(c1)OCC(C)(C)C(=O)N2CC(C)C. The molecule has 1 aliphatic rings. The van der Waals surface area contributed by atoms with Crippen LogP contribution in [0.5, 0.6) is 11.5 Å². The molecular formula is C23H30N2O5S. The quantitative estimate of drug-likeness (QED) is 0.694. The van der Waals surface area contributed by atoms with Crippen LogP contribution in [0.25, 0.3) is 0 Å². The Morgan fingerprint density at radius 1 is 1.19 bits per heavy atom. The summed E-state index contributed by atoms with van der Waals surface area (Å²) in [7, 11) is -2.18. The van der Waals surface area contributed by atoms with Crippen molar-refractivity contribution in [3.05, 3.63) is 48.0 Å². The number of carbonyl (C=O) groups is 1. The standard InChI is InChI=1S/C23H30N2O5S/c1-16(2)13-25-19-11-10-18(12-21(19)30-15-23(3,4)22(25)26)24-31(27,28)14-17-8-6-7-9-20(17)29-5/h6-12,16,24H,13-15H2,1-5H3. The summed E-state index contributed by atoms with van der Waals surface area (Å²) in [6, 6.07) is 12.0. The van der Waals surface area contributed by atoms with E-state index in [-0.39, 0.29) is 24.2 Å². The molecule has 1 amide bonds. The van der Waals surface area contributed by atoms with Crippen molar-refractivity contribution in [2.45, 2.75) is 33.4 Å². The van der Waals surface area contributed by atoms with Crippen LogP contribution < -0.4 is 19.1 Å². The molecule has 0 radical (unpaired) electrons. The highest BCUT2D eigenvalue weighted by Gasteiger charge is 2.38. The van der Waals surface area contributed by atoms with Crippen LogP contribution in [0.15, 0.2) is 42.5 Å². The van der Waals surface area contributed by atoms with Gasteiger partial charge in [0.25, 0.3) is 0 Å². The normalized spacial score (nSPS) is 15.8. The van der Waals surface area contributed by atoms with Gasteiger partial charge in [0.05, 0.1) is 29.7 Å². The summed E-state index contributed by atoms with van der Waals surface area (Å²) in [6.45, 7) is 8.57. The third kappa shape index (κ3) is 5.31. The monoisotopic (exact) mass is 446 g/mol. The van der Waals surface area contributed by atoms with Gasteiger partial charge in [-0.1, -0.05) is 32.0 Å². The van der Waals surface area contributed by atoms with Gasteiger partial charge < -0.3 is 14.4 Å². The summed E-state index contributed by atoms with van der Waals surface area (Å²) < 4.78 is 39.3. The van der Waals surface area contributed by atoms with E-state index >= 15 is 0 Å². The second-order valence-corrected chi connectivity index (χ2v) is 10.6. The topological polar surface area (TPSA) is 84.9 Å². The zero-order chi connectivity index (χ0) is 22.8. The Labute approximate surface area is 184 Å². The molecule has 31 heavy (non-hydrogen) atoms. The number of methoxy groups -OCH3 is 1. The van der Waals surface area contributed by atoms with Gasteiger partial charge in [0.15, 0.2) is 0 Å². The molecule has 8 heteroatoms. The van der Waals surface area contributed by atoms with Crippen molar-refractivity contribution in [3.8, 4) is 11.5 Å². The second-order valence-electron chi connectivity index (χ2n) is 8.84. The van der Waals surface area contributed by atoms with Crippen LogP contribution in [0.3, 0.4) is 0 Å². The van der Waals surface area contributed by atoms with Crippen LogP contribution >= 0.6 is 0 Å². The van der Waals surface area contributed by atoms with E-state index in [0.717, 1.165) is 0 Å². The number of nitrogens with one attached hydrogen (secondary N) is 1. The van der Waals surface area contributed by atoms with E-state index in [2.05, 4.69) is 4.72 Å². The largest absolute Gasteiger partial charge is 0.496 e. The van der Waals surface area contributed by atoms with Crippen molar-refractivity contribution in [2.75, 3.05) is 29.9 Å². The van der Waals surface area contributed by atoms with E-state index in [1.165, 1.54) is 7.11 Å². The summed E-state index contributed by atoms with van der Waals surface area (Å²) in [5, 5.41) is 0. The van der Waals surface area contributed by atoms with Crippen molar-refractivity contribution < 1.29 is 22.7 Å². The maximum atomic E-state index is 13.1. The number of benzene rings is 2. The Morgan fingerprint density at radius 2 is 1.90 bits per heavy atom. The van der Waals surface area contributed by atoms with E-state index < -0.39 is 15.4 Å². The fraction of sp³-hybridized carbons (Fsp3) is 0.435. The van der Waals surface area contributed by atoms with Crippen LogP contribution in [0.2, 0.25) is 0 Å². The van der Waals surface area contributed by atoms with Gasteiger partial charge in [-0.15, -0.1) is 0 Å². The Morgan fingerprint density at radius 3 is 2.58 bits per heavy atom. The fourth-order valence-corrected chi connectivity index (χ4v) is 4.71. The van der Waals surface area contributed by atoms with Gasteiger partial charge >= 0.3 is 0 Å². The predicted molar refractivity (Wildman–Crippen MR) is 122 cm³/mol. The molecule has 1 heterocycles. The molecule has 0 saturated heterocycles. The van der Waals surface area contributed by atoms with Gasteiger partial charge in [0.1, 0.15) is 18.1 Å². The molecule has 1 aliphatic heterocycles. The molecule has 168 valence electrons. The first kappa shape index (κ1) is 22.9. The minimum absolute atomic E-state index is 0.00977. The number of carbonyl (C=O) groups excluding carboxylic acids is 1. The van der Waals surface area contributed by atoms with Gasteiger partial charge in [-0.05, 0) is 38.0 Å². The molecular weight excluding hydrogens is 416 g/mol. The van der Waals surface area contributed by atoms with Crippen molar-refractivity contribution >= 4 is 27.3 Å². The van der Waals surface area contributed by atoms with Crippen LogP contribution in [0.4, 0.5) is 11.4 Å². The van der Waals surface area contributed by atoms with E-state index in [9.17, 15) is 13.2 Å². The number of anilines is 2. The van der Waals surface area contributed by atoms with Crippen molar-refractivity contribution in [1.82, 2.24) is 0 Å². The Bertz CT molecular complexity index is 1060. The summed E-state index contributed by atoms with van der Waals surface area (Å²) in [5.41, 5.74) is 0.915. The lowest BCUT2D eigenvalue weighted by atomic mass is 9.92. The summed E-state index contributed by atoms with van der Waals surface area (Å²) in [5.74, 6) is 1.04. The molecule has 2 aromatic carbocycles. The zero-order valence-electron chi connectivity index (χ0n) is 18.6. The lowest BCUT2D eigenvalue weighted by Gasteiger charge is -2.29. The molecule has 1 N–H and O–H groups in total. The molecule has 0 unspecified atom stereocenters. The average molecular weight is 447 g/mol. The Kier molecular flexibility index (Phi) is 6.50. The highest BCUT2D eigenvalue weighted by atomic mass is 32.2. The number of sulfonamides is 1. The average Bonchev–Trinajstić information content (AvgIpc) is 2.78. The highest BCUT2D eigenvalue weighted by molar-refractivity contribution is 7.91. The van der Waals surface area contributed by atoms with Crippen molar-refractivity contribution in [1.29, 1.82) is 0 Å². The van der Waals surface area contributed by atoms with Gasteiger partial charge in [0, 0.05) is 18.2 Å². The molecule has 0 fully saturated rings. The molecule has 0 atom stereocenters. The maximum Gasteiger partial charge on any atom is 0.237 e. The lowest BCUT2D eigenvalue weighted by molar-refractivity contribution is -0.127. The summed E-state index contributed by atoms with van der Waals surface area (Å²) in [6.07, 6.45) is 0. The fourth-order valence-electron chi connectivity index (χ4n) is 3.50. The number of para-hydroxylation sites is 1. The molecule has 7 nitrogen and oxygen atoms in total. The van der Waals surface area contributed by atoms with Crippen LogP contribution in [-0.4, -0.2) is 34.6 Å². The van der Waals surface area contributed by atoms with Crippen molar-refractivity contribution in [2.24, 2.45) is 11.3 Å². The van der Waals surface area contributed by atoms with Crippen molar-refractivity contribution in [3.63, 3.8) is 0 Å². The Hall–Kier alpha value is -2.74. The molecule has 0 aliphatic carbocycles. The van der Waals surface area contributed by atoms with Gasteiger partial charge in [-0.25, -0.2) is 8.42 Å². The number of nitrogens with zero attached hydrogens (tertiary/aromatic N) is 1. The number of ether oxygens (including phenoxy) is 2. The minimum atomic E-state index is -3.69. The molecule has 0 saturated carbocycles. The van der Waals surface area contributed by atoms with E-state index in [0.29, 0.717) is 35.0 Å². The first-order valence-corrected chi connectivity index (χ1v) is 11.9. The third-order valence-corrected chi connectivity index (χ3v) is 6.26. The van der Waals surface area contributed by atoms with Gasteiger partial charge in [-0.3, -0.25) is 9.52 Å². The lowest BCUT2D eigenvalue weighted by Crippen LogP contribution is -2.43. The minimum Gasteiger partial charge on any atom is -0.496 e. The highest BCUT2D eigenvalue weighted by Crippen LogP contribution is 2.39. The van der Waals surface area contributed by atoms with Crippen LogP contribution in [0, 0.1) is 11.3 Å². The number of rotatable bonds is 7. The van der Waals surface area contributed by atoms with Crippen LogP contribution in [0.1, 0.15) is 33.3 Å². The molecule has 0 spiro atoms. The maximum absolute atomic E-state index is 13.1. The number of fused-ring (bicyclic) bond motifs is 1. The summed E-state index contributed by atoms with van der Waals surface area (Å²) >= 11 is 0. The van der Waals surface area contributed by atoms with Gasteiger partial charge in [-0.2, -0.15) is 0 Å². The number of amides is 1. The Balaban J connectivity index is 1.88. The zero-order valence-corrected chi connectivity index (χ0v) is 19.5. The van der Waals surface area contributed by atoms with E-state index in [1.807, 2.05) is 27.7 Å². The molecule has 3 rings (SSSR count). The second kappa shape index (κ2) is 8.78. The summed E-state index contributed by atoms with van der Waals surface area (Å²) in [4.78, 5) is 14.8. The first-order valence-electron chi connectivity index (χ1n) is 10.2. The van der Waals surface area contributed by atoms with E-state index in [4.69, 9.17) is 9.47 Å². The molecule has 0 aromatic heterocycles. The van der Waals surface area contributed by atoms with E-state index in [1.54, 1.807) is 47.4 Å². The number of hydrogen-bond acceptors (Lipinski definition) is 5. The number of hydrogen-bond donors (Lipinski definition) is 1. The van der Waals surface area contributed by atoms with Crippen LogP contribution in [-0.2, 0) is 20.6 Å².